The largest absolute Gasteiger partial charge is 0.383 e. The molecule has 0 aliphatic heterocycles. The normalized spacial score (nSPS) is 17.3. The van der Waals surface area contributed by atoms with Gasteiger partial charge in [-0.1, -0.05) is 6.07 Å². The standard InChI is InChI=1S/C13H20N2O/c1-16-10-13(12-4-5-12)15-8-6-11-3-2-7-14-9-11/h2-3,7,9,12-13,15H,4-6,8,10H2,1H3. The zero-order valence-corrected chi connectivity index (χ0v) is 9.86. The SMILES string of the molecule is COCC(NCCc1cccnc1)C1CC1. The van der Waals surface area contributed by atoms with E-state index in [2.05, 4.69) is 16.4 Å². The van der Waals surface area contributed by atoms with Crippen molar-refractivity contribution in [1.29, 1.82) is 0 Å². The molecule has 3 heteroatoms. The summed E-state index contributed by atoms with van der Waals surface area (Å²) >= 11 is 0. The minimum atomic E-state index is 0.543. The molecule has 1 heterocycles. The number of nitrogens with zero attached hydrogens (tertiary/aromatic N) is 1. The lowest BCUT2D eigenvalue weighted by Crippen LogP contribution is -2.36. The molecule has 0 spiro atoms. The summed E-state index contributed by atoms with van der Waals surface area (Å²) in [5, 5.41) is 3.58. The van der Waals surface area contributed by atoms with Crippen LogP contribution in [-0.2, 0) is 11.2 Å². The second-order valence-corrected chi connectivity index (χ2v) is 4.46. The Hall–Kier alpha value is -0.930. The highest BCUT2D eigenvalue weighted by atomic mass is 16.5. The van der Waals surface area contributed by atoms with Crippen molar-refractivity contribution in [2.45, 2.75) is 25.3 Å². The van der Waals surface area contributed by atoms with Gasteiger partial charge in [0.05, 0.1) is 6.61 Å². The fraction of sp³-hybridized carbons (Fsp3) is 0.615. The molecule has 1 aromatic rings. The Morgan fingerprint density at radius 2 is 2.44 bits per heavy atom. The molecule has 1 atom stereocenters. The second-order valence-electron chi connectivity index (χ2n) is 4.46. The molecule has 0 amide bonds. The van der Waals surface area contributed by atoms with E-state index in [1.165, 1.54) is 18.4 Å². The summed E-state index contributed by atoms with van der Waals surface area (Å²) in [7, 11) is 1.78. The Balaban J connectivity index is 1.70. The lowest BCUT2D eigenvalue weighted by Gasteiger charge is -2.17. The smallest absolute Gasteiger partial charge is 0.0618 e. The van der Waals surface area contributed by atoms with Crippen molar-refractivity contribution in [3.8, 4) is 0 Å². The van der Waals surface area contributed by atoms with Gasteiger partial charge in [-0.3, -0.25) is 4.98 Å². The number of aromatic nitrogens is 1. The highest BCUT2D eigenvalue weighted by molar-refractivity contribution is 5.08. The zero-order chi connectivity index (χ0) is 11.2. The van der Waals surface area contributed by atoms with E-state index in [0.29, 0.717) is 6.04 Å². The minimum absolute atomic E-state index is 0.543. The number of methoxy groups -OCH3 is 1. The van der Waals surface area contributed by atoms with Gasteiger partial charge in [0.2, 0.25) is 0 Å². The fourth-order valence-electron chi connectivity index (χ4n) is 1.99. The van der Waals surface area contributed by atoms with Gasteiger partial charge in [-0.2, -0.15) is 0 Å². The van der Waals surface area contributed by atoms with E-state index >= 15 is 0 Å². The van der Waals surface area contributed by atoms with E-state index in [9.17, 15) is 0 Å². The van der Waals surface area contributed by atoms with Crippen molar-refractivity contribution in [2.75, 3.05) is 20.3 Å². The Morgan fingerprint density at radius 1 is 1.56 bits per heavy atom. The van der Waals surface area contributed by atoms with Gasteiger partial charge in [0.15, 0.2) is 0 Å². The van der Waals surface area contributed by atoms with E-state index in [1.54, 1.807) is 7.11 Å². The van der Waals surface area contributed by atoms with Gasteiger partial charge in [-0.15, -0.1) is 0 Å². The molecule has 1 unspecified atom stereocenters. The summed E-state index contributed by atoms with van der Waals surface area (Å²) in [6.45, 7) is 1.84. The number of ether oxygens (including phenoxy) is 1. The van der Waals surface area contributed by atoms with Crippen molar-refractivity contribution in [3.05, 3.63) is 30.1 Å². The lowest BCUT2D eigenvalue weighted by molar-refractivity contribution is 0.158. The Morgan fingerprint density at radius 3 is 3.06 bits per heavy atom. The van der Waals surface area contributed by atoms with Crippen LogP contribution in [0.25, 0.3) is 0 Å². The summed E-state index contributed by atoms with van der Waals surface area (Å²) in [5.41, 5.74) is 1.29. The van der Waals surface area contributed by atoms with E-state index in [1.807, 2.05) is 18.5 Å². The number of pyridine rings is 1. The topological polar surface area (TPSA) is 34.1 Å². The van der Waals surface area contributed by atoms with Crippen LogP contribution in [0.5, 0.6) is 0 Å². The van der Waals surface area contributed by atoms with E-state index < -0.39 is 0 Å². The van der Waals surface area contributed by atoms with Gasteiger partial charge in [0.1, 0.15) is 0 Å². The summed E-state index contributed by atoms with van der Waals surface area (Å²) < 4.78 is 5.23. The molecule has 1 aliphatic rings. The first-order valence-electron chi connectivity index (χ1n) is 6.01. The Bertz CT molecular complexity index is 298. The average Bonchev–Trinajstić information content (AvgIpc) is 3.13. The molecule has 1 saturated carbocycles. The van der Waals surface area contributed by atoms with E-state index in [4.69, 9.17) is 4.74 Å². The first kappa shape index (κ1) is 11.6. The van der Waals surface area contributed by atoms with Gasteiger partial charge in [0.25, 0.3) is 0 Å². The molecule has 3 nitrogen and oxygen atoms in total. The van der Waals surface area contributed by atoms with Crippen LogP contribution < -0.4 is 5.32 Å². The van der Waals surface area contributed by atoms with Crippen molar-refractivity contribution in [3.63, 3.8) is 0 Å². The highest BCUT2D eigenvalue weighted by Crippen LogP contribution is 2.32. The van der Waals surface area contributed by atoms with Crippen LogP contribution in [0.2, 0.25) is 0 Å². The number of hydrogen-bond acceptors (Lipinski definition) is 3. The van der Waals surface area contributed by atoms with Crippen molar-refractivity contribution < 1.29 is 4.74 Å². The van der Waals surface area contributed by atoms with Crippen molar-refractivity contribution in [2.24, 2.45) is 5.92 Å². The van der Waals surface area contributed by atoms with E-state index in [0.717, 1.165) is 25.5 Å². The Kier molecular flexibility index (Phi) is 4.31. The minimum Gasteiger partial charge on any atom is -0.383 e. The third-order valence-electron chi connectivity index (χ3n) is 3.08. The summed E-state index contributed by atoms with van der Waals surface area (Å²) in [6.07, 6.45) is 7.50. The lowest BCUT2D eigenvalue weighted by atomic mass is 10.1. The predicted octanol–water partition coefficient (Wildman–Crippen LogP) is 1.64. The molecule has 1 aliphatic carbocycles. The van der Waals surface area contributed by atoms with Crippen molar-refractivity contribution in [1.82, 2.24) is 10.3 Å². The summed E-state index contributed by atoms with van der Waals surface area (Å²) in [6, 6.07) is 4.65. The molecule has 1 N–H and O–H groups in total. The van der Waals surface area contributed by atoms with Crippen LogP contribution in [0.15, 0.2) is 24.5 Å². The molecular weight excluding hydrogens is 200 g/mol. The van der Waals surface area contributed by atoms with Crippen LogP contribution in [-0.4, -0.2) is 31.3 Å². The zero-order valence-electron chi connectivity index (χ0n) is 9.86. The van der Waals surface area contributed by atoms with Crippen LogP contribution in [0.4, 0.5) is 0 Å². The quantitative estimate of drug-likeness (QED) is 0.758. The number of hydrogen-bond donors (Lipinski definition) is 1. The average molecular weight is 220 g/mol. The maximum Gasteiger partial charge on any atom is 0.0618 e. The Labute approximate surface area is 97.2 Å². The second kappa shape index (κ2) is 5.97. The number of nitrogens with one attached hydrogen (secondary N) is 1. The number of rotatable bonds is 7. The van der Waals surface area contributed by atoms with Crippen LogP contribution >= 0.6 is 0 Å². The summed E-state index contributed by atoms with van der Waals surface area (Å²) in [5.74, 6) is 0.842. The first-order chi connectivity index (χ1) is 7.90. The van der Waals surface area contributed by atoms with Gasteiger partial charge >= 0.3 is 0 Å². The highest BCUT2D eigenvalue weighted by Gasteiger charge is 2.30. The first-order valence-corrected chi connectivity index (χ1v) is 6.01. The van der Waals surface area contributed by atoms with E-state index in [-0.39, 0.29) is 0 Å². The third-order valence-corrected chi connectivity index (χ3v) is 3.08. The fourth-order valence-corrected chi connectivity index (χ4v) is 1.99. The van der Waals surface area contributed by atoms with Crippen LogP contribution in [0.3, 0.4) is 0 Å². The molecule has 1 fully saturated rings. The van der Waals surface area contributed by atoms with Gasteiger partial charge in [0, 0.05) is 25.5 Å². The van der Waals surface area contributed by atoms with Crippen LogP contribution in [0.1, 0.15) is 18.4 Å². The molecule has 16 heavy (non-hydrogen) atoms. The molecule has 0 radical (unpaired) electrons. The molecule has 1 aromatic heterocycles. The molecule has 0 bridgehead atoms. The van der Waals surface area contributed by atoms with Gasteiger partial charge in [-0.25, -0.2) is 0 Å². The monoisotopic (exact) mass is 220 g/mol. The maximum absolute atomic E-state index is 5.23. The van der Waals surface area contributed by atoms with Gasteiger partial charge < -0.3 is 10.1 Å². The van der Waals surface area contributed by atoms with Crippen molar-refractivity contribution >= 4 is 0 Å². The third kappa shape index (κ3) is 3.58. The maximum atomic E-state index is 5.23. The molecule has 88 valence electrons. The molecule has 0 saturated heterocycles. The summed E-state index contributed by atoms with van der Waals surface area (Å²) in [4.78, 5) is 4.11. The predicted molar refractivity (Wildman–Crippen MR) is 64.3 cm³/mol. The molecular formula is C13H20N2O. The van der Waals surface area contributed by atoms with Gasteiger partial charge in [-0.05, 0) is 43.4 Å². The molecule has 0 aromatic carbocycles. The van der Waals surface area contributed by atoms with Crippen LogP contribution in [0, 0.1) is 5.92 Å². The molecule has 2 rings (SSSR count).